The van der Waals surface area contributed by atoms with Gasteiger partial charge in [0.1, 0.15) is 6.61 Å². The molecule has 4 rings (SSSR count). The van der Waals surface area contributed by atoms with Gasteiger partial charge in [0.15, 0.2) is 23.0 Å². The molecule has 29 heavy (non-hydrogen) atoms. The van der Waals surface area contributed by atoms with Gasteiger partial charge < -0.3 is 18.9 Å². The first kappa shape index (κ1) is 18.6. The second kappa shape index (κ2) is 8.52. The Balaban J connectivity index is 1.46. The molecule has 0 aromatic heterocycles. The number of hydrogen-bond donors (Lipinski definition) is 0. The third kappa shape index (κ3) is 4.41. The zero-order valence-electron chi connectivity index (χ0n) is 15.9. The summed E-state index contributed by atoms with van der Waals surface area (Å²) in [4.78, 5) is 12.5. The average Bonchev–Trinajstić information content (AvgIpc) is 2.78. The van der Waals surface area contributed by atoms with E-state index in [4.69, 9.17) is 18.9 Å². The maximum absolute atomic E-state index is 12.5. The van der Waals surface area contributed by atoms with E-state index in [1.54, 1.807) is 18.2 Å². The Hall–Kier alpha value is -3.73. The molecule has 3 aromatic carbocycles. The third-order valence-electron chi connectivity index (χ3n) is 4.44. The number of carbonyl (C=O) groups is 1. The fourth-order valence-electron chi connectivity index (χ4n) is 2.94. The fourth-order valence-corrected chi connectivity index (χ4v) is 2.94. The summed E-state index contributed by atoms with van der Waals surface area (Å²) in [5, 5.41) is 0. The predicted molar refractivity (Wildman–Crippen MR) is 110 cm³/mol. The van der Waals surface area contributed by atoms with Crippen molar-refractivity contribution in [1.29, 1.82) is 0 Å². The highest BCUT2D eigenvalue weighted by atomic mass is 16.6. The number of methoxy groups -OCH3 is 1. The molecule has 0 saturated carbocycles. The van der Waals surface area contributed by atoms with Gasteiger partial charge in [-0.05, 0) is 35.4 Å². The molecule has 1 aliphatic rings. The van der Waals surface area contributed by atoms with E-state index in [9.17, 15) is 4.79 Å². The van der Waals surface area contributed by atoms with Gasteiger partial charge in [0.25, 0.3) is 0 Å². The number of ether oxygens (including phenoxy) is 4. The van der Waals surface area contributed by atoms with E-state index in [1.165, 1.54) is 7.11 Å². The van der Waals surface area contributed by atoms with Gasteiger partial charge in [0.2, 0.25) is 6.10 Å². The third-order valence-corrected chi connectivity index (χ3v) is 4.44. The number of para-hydroxylation sites is 2. The molecule has 1 atom stereocenters. The quantitative estimate of drug-likeness (QED) is 0.363. The SMILES string of the molecule is COc1cc(/C=C/c2ccccc2)ccc1OC(=O)C1COc2ccccc2O1. The summed E-state index contributed by atoms with van der Waals surface area (Å²) in [6, 6.07) is 22.6. The van der Waals surface area contributed by atoms with Gasteiger partial charge in [-0.25, -0.2) is 4.79 Å². The highest BCUT2D eigenvalue weighted by Gasteiger charge is 2.29. The molecule has 5 heteroatoms. The van der Waals surface area contributed by atoms with Gasteiger partial charge in [-0.2, -0.15) is 0 Å². The Morgan fingerprint density at radius 1 is 0.897 bits per heavy atom. The van der Waals surface area contributed by atoms with Crippen molar-refractivity contribution in [1.82, 2.24) is 0 Å². The minimum absolute atomic E-state index is 0.0933. The molecule has 0 aliphatic carbocycles. The Morgan fingerprint density at radius 2 is 1.62 bits per heavy atom. The largest absolute Gasteiger partial charge is 0.493 e. The smallest absolute Gasteiger partial charge is 0.356 e. The van der Waals surface area contributed by atoms with Crippen molar-refractivity contribution in [3.8, 4) is 23.0 Å². The van der Waals surface area contributed by atoms with Crippen LogP contribution in [0, 0.1) is 0 Å². The summed E-state index contributed by atoms with van der Waals surface area (Å²) < 4.78 is 22.2. The zero-order chi connectivity index (χ0) is 20.1. The van der Waals surface area contributed by atoms with Gasteiger partial charge in [0, 0.05) is 0 Å². The lowest BCUT2D eigenvalue weighted by atomic mass is 10.1. The van der Waals surface area contributed by atoms with Crippen molar-refractivity contribution >= 4 is 18.1 Å². The van der Waals surface area contributed by atoms with Gasteiger partial charge in [0.05, 0.1) is 7.11 Å². The van der Waals surface area contributed by atoms with Crippen LogP contribution in [0.2, 0.25) is 0 Å². The van der Waals surface area contributed by atoms with Crippen molar-refractivity contribution in [2.45, 2.75) is 6.10 Å². The molecule has 0 bridgehead atoms. The Kier molecular flexibility index (Phi) is 5.47. The number of rotatable bonds is 5. The maximum Gasteiger partial charge on any atom is 0.356 e. The van der Waals surface area contributed by atoms with E-state index in [2.05, 4.69) is 0 Å². The molecule has 0 spiro atoms. The van der Waals surface area contributed by atoms with Crippen LogP contribution < -0.4 is 18.9 Å². The van der Waals surface area contributed by atoms with Crippen molar-refractivity contribution in [2.75, 3.05) is 13.7 Å². The van der Waals surface area contributed by atoms with E-state index >= 15 is 0 Å². The Morgan fingerprint density at radius 3 is 2.41 bits per heavy atom. The minimum atomic E-state index is -0.841. The molecule has 1 aliphatic heterocycles. The van der Waals surface area contributed by atoms with Crippen LogP contribution in [0.25, 0.3) is 12.2 Å². The van der Waals surface area contributed by atoms with E-state index < -0.39 is 12.1 Å². The van der Waals surface area contributed by atoms with Crippen molar-refractivity contribution in [3.63, 3.8) is 0 Å². The fraction of sp³-hybridized carbons (Fsp3) is 0.125. The second-order valence-electron chi connectivity index (χ2n) is 6.44. The molecule has 0 amide bonds. The van der Waals surface area contributed by atoms with Crippen LogP contribution in [0.3, 0.4) is 0 Å². The van der Waals surface area contributed by atoms with Gasteiger partial charge in [-0.3, -0.25) is 0 Å². The molecule has 1 unspecified atom stereocenters. The van der Waals surface area contributed by atoms with Gasteiger partial charge in [-0.15, -0.1) is 0 Å². The van der Waals surface area contributed by atoms with Crippen LogP contribution in [-0.2, 0) is 4.79 Å². The number of fused-ring (bicyclic) bond motifs is 1. The summed E-state index contributed by atoms with van der Waals surface area (Å²) in [6.07, 6.45) is 3.14. The lowest BCUT2D eigenvalue weighted by molar-refractivity contribution is -0.144. The van der Waals surface area contributed by atoms with Crippen molar-refractivity contribution in [2.24, 2.45) is 0 Å². The molecular weight excluding hydrogens is 368 g/mol. The number of carbonyl (C=O) groups excluding carboxylic acids is 1. The number of esters is 1. The summed E-state index contributed by atoms with van der Waals surface area (Å²) in [5.41, 5.74) is 2.02. The highest BCUT2D eigenvalue weighted by Crippen LogP contribution is 2.33. The van der Waals surface area contributed by atoms with Crippen LogP contribution >= 0.6 is 0 Å². The normalized spacial score (nSPS) is 15.1. The molecular formula is C24H20O5. The summed E-state index contributed by atoms with van der Waals surface area (Å²) in [6.45, 7) is 0.0933. The first-order valence-electron chi connectivity index (χ1n) is 9.24. The summed E-state index contributed by atoms with van der Waals surface area (Å²) in [5.74, 6) is 1.39. The molecule has 146 valence electrons. The predicted octanol–water partition coefficient (Wildman–Crippen LogP) is 4.61. The van der Waals surface area contributed by atoms with E-state index in [0.717, 1.165) is 11.1 Å². The first-order chi connectivity index (χ1) is 14.2. The van der Waals surface area contributed by atoms with Crippen LogP contribution in [0.5, 0.6) is 23.0 Å². The van der Waals surface area contributed by atoms with Gasteiger partial charge >= 0.3 is 5.97 Å². The standard InChI is InChI=1S/C24H20O5/c1-26-22-15-18(12-11-17-7-3-2-4-8-17)13-14-21(22)29-24(25)23-16-27-19-9-5-6-10-20(19)28-23/h2-15,23H,16H2,1H3/b12-11+. The van der Waals surface area contributed by atoms with Crippen LogP contribution in [0.15, 0.2) is 72.8 Å². The number of hydrogen-bond acceptors (Lipinski definition) is 5. The van der Waals surface area contributed by atoms with Crippen molar-refractivity contribution < 1.29 is 23.7 Å². The minimum Gasteiger partial charge on any atom is -0.493 e. The first-order valence-corrected chi connectivity index (χ1v) is 9.24. The Labute approximate surface area is 169 Å². The second-order valence-corrected chi connectivity index (χ2v) is 6.44. The molecule has 3 aromatic rings. The highest BCUT2D eigenvalue weighted by molar-refractivity contribution is 5.79. The van der Waals surface area contributed by atoms with Crippen LogP contribution in [0.1, 0.15) is 11.1 Å². The van der Waals surface area contributed by atoms with E-state index in [1.807, 2.05) is 66.7 Å². The Bertz CT molecular complexity index is 1030. The summed E-state index contributed by atoms with van der Waals surface area (Å²) in [7, 11) is 1.54. The lowest BCUT2D eigenvalue weighted by Crippen LogP contribution is -2.39. The molecule has 0 fully saturated rings. The number of benzene rings is 3. The molecule has 0 N–H and O–H groups in total. The van der Waals surface area contributed by atoms with E-state index in [0.29, 0.717) is 23.0 Å². The lowest BCUT2D eigenvalue weighted by Gasteiger charge is -2.25. The zero-order valence-corrected chi connectivity index (χ0v) is 15.9. The van der Waals surface area contributed by atoms with Gasteiger partial charge in [-0.1, -0.05) is 60.7 Å². The topological polar surface area (TPSA) is 54.0 Å². The molecule has 1 heterocycles. The maximum atomic E-state index is 12.5. The molecule has 0 radical (unpaired) electrons. The van der Waals surface area contributed by atoms with Crippen LogP contribution in [0.4, 0.5) is 0 Å². The monoisotopic (exact) mass is 388 g/mol. The van der Waals surface area contributed by atoms with E-state index in [-0.39, 0.29) is 6.61 Å². The van der Waals surface area contributed by atoms with Crippen molar-refractivity contribution in [3.05, 3.63) is 83.9 Å². The van der Waals surface area contributed by atoms with Crippen LogP contribution in [-0.4, -0.2) is 25.8 Å². The average molecular weight is 388 g/mol. The summed E-state index contributed by atoms with van der Waals surface area (Å²) >= 11 is 0. The molecule has 5 nitrogen and oxygen atoms in total. The molecule has 0 saturated heterocycles.